The summed E-state index contributed by atoms with van der Waals surface area (Å²) in [6.07, 6.45) is 1.54. The number of amides is 4. The molecule has 0 aromatic heterocycles. The third-order valence-corrected chi connectivity index (χ3v) is 5.65. The predicted octanol–water partition coefficient (Wildman–Crippen LogP) is 0.783. The first-order valence-electron chi connectivity index (χ1n) is 8.97. The molecule has 2 saturated heterocycles. The second kappa shape index (κ2) is 6.23. The SMILES string of the molecule is CC(=O)N1CC[C@H](c2ccc3c(c2)CN([C@H]2CCC(=O)NC2=O)C3=O)C1. The topological polar surface area (TPSA) is 86.8 Å². The van der Waals surface area contributed by atoms with Crippen molar-refractivity contribution in [3.63, 3.8) is 0 Å². The molecule has 2 fully saturated rings. The highest BCUT2D eigenvalue weighted by Gasteiger charge is 2.39. The fourth-order valence-electron chi connectivity index (χ4n) is 4.17. The minimum absolute atomic E-state index is 0.0906. The van der Waals surface area contributed by atoms with Crippen LogP contribution in [0.15, 0.2) is 18.2 Å². The average molecular weight is 355 g/mol. The van der Waals surface area contributed by atoms with Crippen LogP contribution in [0.4, 0.5) is 0 Å². The molecule has 0 spiro atoms. The lowest BCUT2D eigenvalue weighted by atomic mass is 9.95. The van der Waals surface area contributed by atoms with Crippen molar-refractivity contribution < 1.29 is 19.2 Å². The van der Waals surface area contributed by atoms with Crippen molar-refractivity contribution in [1.29, 1.82) is 0 Å². The molecular formula is C19H21N3O4. The zero-order valence-electron chi connectivity index (χ0n) is 14.7. The Hall–Kier alpha value is -2.70. The summed E-state index contributed by atoms with van der Waals surface area (Å²) in [6.45, 7) is 3.44. The van der Waals surface area contributed by atoms with Crippen LogP contribution in [0.2, 0.25) is 0 Å². The third kappa shape index (κ3) is 2.77. The van der Waals surface area contributed by atoms with Crippen LogP contribution in [0.25, 0.3) is 0 Å². The number of nitrogens with one attached hydrogen (secondary N) is 1. The predicted molar refractivity (Wildman–Crippen MR) is 92.1 cm³/mol. The molecule has 7 heteroatoms. The number of imide groups is 1. The van der Waals surface area contributed by atoms with Crippen LogP contribution < -0.4 is 5.32 Å². The third-order valence-electron chi connectivity index (χ3n) is 5.65. The van der Waals surface area contributed by atoms with Crippen molar-refractivity contribution in [3.8, 4) is 0 Å². The van der Waals surface area contributed by atoms with E-state index in [4.69, 9.17) is 0 Å². The Labute approximate surface area is 151 Å². The molecule has 136 valence electrons. The maximum absolute atomic E-state index is 12.7. The lowest BCUT2D eigenvalue weighted by Gasteiger charge is -2.29. The quantitative estimate of drug-likeness (QED) is 0.795. The van der Waals surface area contributed by atoms with Gasteiger partial charge in [0, 0.05) is 44.5 Å². The van der Waals surface area contributed by atoms with Gasteiger partial charge in [-0.25, -0.2) is 0 Å². The second-order valence-corrected chi connectivity index (χ2v) is 7.27. The maximum Gasteiger partial charge on any atom is 0.255 e. The van der Waals surface area contributed by atoms with Crippen LogP contribution in [0, 0.1) is 0 Å². The Kier molecular flexibility index (Phi) is 4.01. The normalized spacial score (nSPS) is 25.5. The Morgan fingerprint density at radius 3 is 2.69 bits per heavy atom. The molecule has 0 aliphatic carbocycles. The fraction of sp³-hybridized carbons (Fsp3) is 0.474. The monoisotopic (exact) mass is 355 g/mol. The fourth-order valence-corrected chi connectivity index (χ4v) is 4.17. The summed E-state index contributed by atoms with van der Waals surface area (Å²) in [7, 11) is 0. The van der Waals surface area contributed by atoms with E-state index in [0.29, 0.717) is 25.1 Å². The molecule has 3 heterocycles. The number of nitrogens with zero attached hydrogens (tertiary/aromatic N) is 2. The van der Waals surface area contributed by atoms with Crippen LogP contribution in [0.3, 0.4) is 0 Å². The zero-order valence-corrected chi connectivity index (χ0v) is 14.7. The number of piperidine rings is 1. The van der Waals surface area contributed by atoms with Crippen LogP contribution in [-0.2, 0) is 20.9 Å². The molecular weight excluding hydrogens is 334 g/mol. The molecule has 0 saturated carbocycles. The standard InChI is InChI=1S/C19H21N3O4/c1-11(23)21-7-6-13(9-21)12-2-3-15-14(8-12)10-22(19(15)26)16-4-5-17(24)20-18(16)25/h2-3,8,13,16H,4-7,9-10H2,1H3,(H,20,24,25)/t13-,16-/m0/s1. The van der Waals surface area contributed by atoms with Crippen molar-refractivity contribution in [1.82, 2.24) is 15.1 Å². The van der Waals surface area contributed by atoms with Gasteiger partial charge < -0.3 is 9.80 Å². The first-order chi connectivity index (χ1) is 12.4. The molecule has 0 radical (unpaired) electrons. The molecule has 26 heavy (non-hydrogen) atoms. The smallest absolute Gasteiger partial charge is 0.255 e. The Morgan fingerprint density at radius 1 is 1.19 bits per heavy atom. The zero-order chi connectivity index (χ0) is 18.4. The Balaban J connectivity index is 1.53. The lowest BCUT2D eigenvalue weighted by Crippen LogP contribution is -2.52. The van der Waals surface area contributed by atoms with Crippen molar-refractivity contribution in [2.45, 2.75) is 44.7 Å². The van der Waals surface area contributed by atoms with E-state index in [9.17, 15) is 19.2 Å². The van der Waals surface area contributed by atoms with Crippen molar-refractivity contribution in [3.05, 3.63) is 34.9 Å². The molecule has 1 N–H and O–H groups in total. The highest BCUT2D eigenvalue weighted by molar-refractivity contribution is 6.05. The van der Waals surface area contributed by atoms with Crippen molar-refractivity contribution in [2.24, 2.45) is 0 Å². The molecule has 3 aliphatic heterocycles. The molecule has 4 rings (SSSR count). The molecule has 0 unspecified atom stereocenters. The van der Waals surface area contributed by atoms with Crippen molar-refractivity contribution in [2.75, 3.05) is 13.1 Å². The van der Waals surface area contributed by atoms with Gasteiger partial charge in [-0.15, -0.1) is 0 Å². The van der Waals surface area contributed by atoms with Crippen LogP contribution in [0.5, 0.6) is 0 Å². The first kappa shape index (κ1) is 16.8. The van der Waals surface area contributed by atoms with Gasteiger partial charge in [0.05, 0.1) is 0 Å². The summed E-state index contributed by atoms with van der Waals surface area (Å²) >= 11 is 0. The van der Waals surface area contributed by atoms with E-state index in [1.165, 1.54) is 0 Å². The van der Waals surface area contributed by atoms with Gasteiger partial charge in [-0.2, -0.15) is 0 Å². The summed E-state index contributed by atoms with van der Waals surface area (Å²) in [4.78, 5) is 51.1. The summed E-state index contributed by atoms with van der Waals surface area (Å²) in [5, 5.41) is 2.32. The molecule has 7 nitrogen and oxygen atoms in total. The molecule has 2 atom stereocenters. The molecule has 1 aromatic rings. The van der Waals surface area contributed by atoms with E-state index >= 15 is 0 Å². The van der Waals surface area contributed by atoms with Gasteiger partial charge in [-0.05, 0) is 30.0 Å². The molecule has 1 aromatic carbocycles. The van der Waals surface area contributed by atoms with Gasteiger partial charge >= 0.3 is 0 Å². The number of hydrogen-bond acceptors (Lipinski definition) is 4. The largest absolute Gasteiger partial charge is 0.342 e. The number of rotatable bonds is 2. The van der Waals surface area contributed by atoms with E-state index < -0.39 is 11.9 Å². The van der Waals surface area contributed by atoms with Crippen LogP contribution >= 0.6 is 0 Å². The Bertz CT molecular complexity index is 819. The van der Waals surface area contributed by atoms with Crippen LogP contribution in [0.1, 0.15) is 53.6 Å². The summed E-state index contributed by atoms with van der Waals surface area (Å²) in [5.41, 5.74) is 2.67. The minimum atomic E-state index is -0.587. The highest BCUT2D eigenvalue weighted by Crippen LogP contribution is 2.33. The van der Waals surface area contributed by atoms with Gasteiger partial charge in [0.1, 0.15) is 6.04 Å². The summed E-state index contributed by atoms with van der Waals surface area (Å²) in [5.74, 6) is -0.459. The molecule has 0 bridgehead atoms. The van der Waals surface area contributed by atoms with Gasteiger partial charge in [-0.1, -0.05) is 12.1 Å². The van der Waals surface area contributed by atoms with E-state index in [1.54, 1.807) is 11.8 Å². The van der Waals surface area contributed by atoms with Gasteiger partial charge in [0.25, 0.3) is 5.91 Å². The average Bonchev–Trinajstić information content (AvgIpc) is 3.20. The lowest BCUT2D eigenvalue weighted by molar-refractivity contribution is -0.137. The number of benzene rings is 1. The highest BCUT2D eigenvalue weighted by atomic mass is 16.2. The number of carbonyl (C=O) groups excluding carboxylic acids is 4. The number of hydrogen-bond donors (Lipinski definition) is 1. The maximum atomic E-state index is 12.7. The Morgan fingerprint density at radius 2 is 2.00 bits per heavy atom. The van der Waals surface area contributed by atoms with Gasteiger partial charge in [0.15, 0.2) is 0 Å². The van der Waals surface area contributed by atoms with E-state index in [0.717, 1.165) is 24.1 Å². The van der Waals surface area contributed by atoms with E-state index in [2.05, 4.69) is 5.32 Å². The number of likely N-dealkylation sites (tertiary alicyclic amines) is 1. The number of fused-ring (bicyclic) bond motifs is 1. The summed E-state index contributed by atoms with van der Waals surface area (Å²) in [6, 6.07) is 5.23. The minimum Gasteiger partial charge on any atom is -0.342 e. The van der Waals surface area contributed by atoms with Gasteiger partial charge in [0.2, 0.25) is 17.7 Å². The van der Waals surface area contributed by atoms with E-state index in [1.807, 2.05) is 23.1 Å². The van der Waals surface area contributed by atoms with Crippen LogP contribution in [-0.4, -0.2) is 52.6 Å². The molecule has 3 aliphatic rings. The second-order valence-electron chi connectivity index (χ2n) is 7.27. The van der Waals surface area contributed by atoms with E-state index in [-0.39, 0.29) is 30.1 Å². The van der Waals surface area contributed by atoms with Gasteiger partial charge in [-0.3, -0.25) is 24.5 Å². The first-order valence-corrected chi connectivity index (χ1v) is 8.97. The molecule has 4 amide bonds. The number of carbonyl (C=O) groups is 4. The summed E-state index contributed by atoms with van der Waals surface area (Å²) < 4.78 is 0. The van der Waals surface area contributed by atoms with Crippen molar-refractivity contribution >= 4 is 23.6 Å².